The molecule has 0 aliphatic carbocycles. The predicted molar refractivity (Wildman–Crippen MR) is 77.4 cm³/mol. The number of sulfonamides is 1. The molecule has 0 radical (unpaired) electrons. The van der Waals surface area contributed by atoms with Crippen LogP contribution in [-0.2, 0) is 16.4 Å². The number of hydrogen-bond acceptors (Lipinski definition) is 3. The van der Waals surface area contributed by atoms with Gasteiger partial charge in [-0.15, -0.1) is 0 Å². The van der Waals surface area contributed by atoms with Crippen LogP contribution in [0.15, 0.2) is 29.2 Å². The van der Waals surface area contributed by atoms with Crippen molar-refractivity contribution >= 4 is 27.2 Å². The molecule has 0 unspecified atom stereocenters. The lowest BCUT2D eigenvalue weighted by Crippen LogP contribution is -2.30. The zero-order valence-electron chi connectivity index (χ0n) is 11.2. The molecular formula is C12H15F3N2O2S2. The first kappa shape index (κ1) is 17.9. The highest BCUT2D eigenvalue weighted by atomic mass is 32.2. The van der Waals surface area contributed by atoms with Gasteiger partial charge in [-0.2, -0.15) is 13.2 Å². The minimum Gasteiger partial charge on any atom is -0.393 e. The van der Waals surface area contributed by atoms with Crippen LogP contribution in [0.4, 0.5) is 13.2 Å². The number of benzene rings is 1. The van der Waals surface area contributed by atoms with Crippen molar-refractivity contribution in [3.05, 3.63) is 29.8 Å². The first-order valence-corrected chi connectivity index (χ1v) is 7.77. The number of nitrogens with two attached hydrogens (primary N) is 1. The van der Waals surface area contributed by atoms with Gasteiger partial charge in [0.25, 0.3) is 0 Å². The summed E-state index contributed by atoms with van der Waals surface area (Å²) in [6, 6.07) is 5.72. The summed E-state index contributed by atoms with van der Waals surface area (Å²) < 4.78 is 61.3. The minimum atomic E-state index is -4.40. The molecule has 21 heavy (non-hydrogen) atoms. The molecule has 4 nitrogen and oxygen atoms in total. The maximum absolute atomic E-state index is 12.1. The summed E-state index contributed by atoms with van der Waals surface area (Å²) in [7, 11) is -2.82. The van der Waals surface area contributed by atoms with Gasteiger partial charge in [0.05, 0.1) is 16.3 Å². The molecule has 0 saturated carbocycles. The number of rotatable bonds is 6. The molecule has 9 heteroatoms. The number of halogens is 3. The zero-order chi connectivity index (χ0) is 16.3. The molecule has 0 saturated heterocycles. The van der Waals surface area contributed by atoms with Crippen LogP contribution < -0.4 is 5.73 Å². The van der Waals surface area contributed by atoms with E-state index in [2.05, 4.69) is 0 Å². The fourth-order valence-corrected chi connectivity index (χ4v) is 2.90. The van der Waals surface area contributed by atoms with Crippen molar-refractivity contribution in [1.29, 1.82) is 0 Å². The first-order valence-electron chi connectivity index (χ1n) is 5.93. The Labute approximate surface area is 126 Å². The van der Waals surface area contributed by atoms with E-state index in [-0.39, 0.29) is 9.88 Å². The fraction of sp³-hybridized carbons (Fsp3) is 0.417. The van der Waals surface area contributed by atoms with Crippen LogP contribution in [0, 0.1) is 0 Å². The Kier molecular flexibility index (Phi) is 5.71. The van der Waals surface area contributed by atoms with Crippen molar-refractivity contribution in [3.8, 4) is 0 Å². The van der Waals surface area contributed by atoms with E-state index in [9.17, 15) is 21.6 Å². The monoisotopic (exact) mass is 340 g/mol. The molecule has 2 N–H and O–H groups in total. The molecule has 0 amide bonds. The van der Waals surface area contributed by atoms with Crippen LogP contribution in [0.3, 0.4) is 0 Å². The Morgan fingerprint density at radius 2 is 1.81 bits per heavy atom. The molecule has 0 atom stereocenters. The van der Waals surface area contributed by atoms with E-state index >= 15 is 0 Å². The molecule has 0 aromatic heterocycles. The second-order valence-corrected chi connectivity index (χ2v) is 7.05. The summed E-state index contributed by atoms with van der Waals surface area (Å²) in [5.74, 6) is 0. The number of alkyl halides is 3. The van der Waals surface area contributed by atoms with Gasteiger partial charge in [-0.3, -0.25) is 0 Å². The smallest absolute Gasteiger partial charge is 0.390 e. The third-order valence-electron chi connectivity index (χ3n) is 2.72. The van der Waals surface area contributed by atoms with E-state index in [1.165, 1.54) is 24.3 Å². The summed E-state index contributed by atoms with van der Waals surface area (Å²) in [5.41, 5.74) is 6.11. The Bertz CT molecular complexity index is 598. The topological polar surface area (TPSA) is 63.4 Å². The van der Waals surface area contributed by atoms with Crippen molar-refractivity contribution in [1.82, 2.24) is 4.31 Å². The third kappa shape index (κ3) is 5.60. The molecule has 0 fully saturated rings. The molecule has 0 bridgehead atoms. The fourth-order valence-electron chi connectivity index (χ4n) is 1.56. The van der Waals surface area contributed by atoms with Crippen LogP contribution in [0.1, 0.15) is 12.0 Å². The largest absolute Gasteiger partial charge is 0.393 e. The standard InChI is InChI=1S/C12H15F3N2O2S2/c1-17(7-6-12(13,14)15)21(18,19)10-4-2-9(3-5-10)8-11(16)20/h2-5H,6-8H2,1H3,(H2,16,20). The van der Waals surface area contributed by atoms with Crippen molar-refractivity contribution in [2.24, 2.45) is 5.73 Å². The molecule has 118 valence electrons. The lowest BCUT2D eigenvalue weighted by molar-refractivity contribution is -0.135. The first-order chi connectivity index (χ1) is 9.52. The van der Waals surface area contributed by atoms with E-state index in [1.807, 2.05) is 0 Å². The zero-order valence-corrected chi connectivity index (χ0v) is 12.9. The summed E-state index contributed by atoms with van der Waals surface area (Å²) >= 11 is 4.74. The van der Waals surface area contributed by atoms with Crippen LogP contribution in [-0.4, -0.2) is 37.5 Å². The van der Waals surface area contributed by atoms with Gasteiger partial charge in [0.15, 0.2) is 0 Å². The van der Waals surface area contributed by atoms with Crippen LogP contribution >= 0.6 is 12.2 Å². The maximum Gasteiger partial charge on any atom is 0.390 e. The Morgan fingerprint density at radius 1 is 1.29 bits per heavy atom. The number of thiocarbonyl (C=S) groups is 1. The van der Waals surface area contributed by atoms with Gasteiger partial charge < -0.3 is 5.73 Å². The molecule has 0 spiro atoms. The number of nitrogens with zero attached hydrogens (tertiary/aromatic N) is 1. The maximum atomic E-state index is 12.1. The molecule has 0 heterocycles. The second-order valence-electron chi connectivity index (χ2n) is 4.48. The van der Waals surface area contributed by atoms with E-state index < -0.39 is 29.2 Å². The third-order valence-corrected chi connectivity index (χ3v) is 4.74. The Hall–Kier alpha value is -1.19. The molecule has 0 aliphatic heterocycles. The van der Waals surface area contributed by atoms with Crippen molar-refractivity contribution in [3.63, 3.8) is 0 Å². The highest BCUT2D eigenvalue weighted by Crippen LogP contribution is 2.22. The van der Waals surface area contributed by atoms with E-state index in [4.69, 9.17) is 18.0 Å². The van der Waals surface area contributed by atoms with Gasteiger partial charge >= 0.3 is 6.18 Å². The SMILES string of the molecule is CN(CCC(F)(F)F)S(=O)(=O)c1ccc(CC(N)=S)cc1. The van der Waals surface area contributed by atoms with E-state index in [0.29, 0.717) is 10.7 Å². The Balaban J connectivity index is 2.84. The highest BCUT2D eigenvalue weighted by Gasteiger charge is 2.30. The lowest BCUT2D eigenvalue weighted by atomic mass is 10.1. The van der Waals surface area contributed by atoms with Gasteiger partial charge in [0, 0.05) is 20.0 Å². The van der Waals surface area contributed by atoms with Crippen molar-refractivity contribution in [2.45, 2.75) is 23.9 Å². The molecule has 0 aliphatic rings. The molecular weight excluding hydrogens is 325 g/mol. The van der Waals surface area contributed by atoms with E-state index in [1.54, 1.807) is 0 Å². The quantitative estimate of drug-likeness (QED) is 0.806. The lowest BCUT2D eigenvalue weighted by Gasteiger charge is -2.18. The predicted octanol–water partition coefficient (Wildman–Crippen LogP) is 2.09. The van der Waals surface area contributed by atoms with Gasteiger partial charge in [0.2, 0.25) is 10.0 Å². The average Bonchev–Trinajstić information content (AvgIpc) is 2.34. The summed E-state index contributed by atoms with van der Waals surface area (Å²) in [6.07, 6.45) is -5.26. The van der Waals surface area contributed by atoms with Gasteiger partial charge in [-0.1, -0.05) is 24.4 Å². The van der Waals surface area contributed by atoms with Crippen LogP contribution in [0.25, 0.3) is 0 Å². The minimum absolute atomic E-state index is 0.0705. The summed E-state index contributed by atoms with van der Waals surface area (Å²) in [6.45, 7) is -0.625. The van der Waals surface area contributed by atoms with Crippen LogP contribution in [0.5, 0.6) is 0 Å². The molecule has 1 aromatic carbocycles. The van der Waals surface area contributed by atoms with Crippen molar-refractivity contribution in [2.75, 3.05) is 13.6 Å². The van der Waals surface area contributed by atoms with Crippen LogP contribution in [0.2, 0.25) is 0 Å². The second kappa shape index (κ2) is 6.71. The van der Waals surface area contributed by atoms with Gasteiger partial charge in [0.1, 0.15) is 0 Å². The number of hydrogen-bond donors (Lipinski definition) is 1. The van der Waals surface area contributed by atoms with Crippen molar-refractivity contribution < 1.29 is 21.6 Å². The Morgan fingerprint density at radius 3 is 2.24 bits per heavy atom. The normalized spacial score (nSPS) is 12.6. The van der Waals surface area contributed by atoms with Gasteiger partial charge in [-0.05, 0) is 17.7 Å². The summed E-state index contributed by atoms with van der Waals surface area (Å²) in [4.78, 5) is 0.201. The molecule has 1 rings (SSSR count). The molecule has 1 aromatic rings. The van der Waals surface area contributed by atoms with E-state index in [0.717, 1.165) is 12.6 Å². The summed E-state index contributed by atoms with van der Waals surface area (Å²) in [5, 5.41) is 0. The highest BCUT2D eigenvalue weighted by molar-refractivity contribution is 7.89. The van der Waals surface area contributed by atoms with Gasteiger partial charge in [-0.25, -0.2) is 12.7 Å². The average molecular weight is 340 g/mol.